The first-order valence-electron chi connectivity index (χ1n) is 9.64. The molecule has 29 heavy (non-hydrogen) atoms. The summed E-state index contributed by atoms with van der Waals surface area (Å²) in [6, 6.07) is 11.1. The van der Waals surface area contributed by atoms with Crippen LogP contribution in [-0.4, -0.2) is 38.0 Å². The minimum atomic E-state index is -0.828. The first kappa shape index (κ1) is 17.6. The number of hydrogen-bond acceptors (Lipinski definition) is 4. The minimum absolute atomic E-state index is 0.0641. The molecule has 0 aliphatic carbocycles. The van der Waals surface area contributed by atoms with Crippen LogP contribution in [0.15, 0.2) is 55.0 Å². The van der Waals surface area contributed by atoms with Crippen LogP contribution in [0.5, 0.6) is 0 Å². The van der Waals surface area contributed by atoms with E-state index in [9.17, 15) is 9.59 Å². The maximum absolute atomic E-state index is 13.5. The molecule has 2 atom stereocenters. The quantitative estimate of drug-likeness (QED) is 0.733. The van der Waals surface area contributed by atoms with Crippen LogP contribution in [0.2, 0.25) is 0 Å². The molecule has 5 rings (SSSR count). The van der Waals surface area contributed by atoms with Crippen LogP contribution >= 0.6 is 0 Å². The van der Waals surface area contributed by atoms with Gasteiger partial charge in [-0.25, -0.2) is 0 Å². The number of rotatable bonds is 2. The number of carbonyl (C=O) groups is 2. The van der Waals surface area contributed by atoms with Crippen molar-refractivity contribution >= 4 is 17.5 Å². The SMILES string of the molecule is Cc1nn(C)cc1C(=O)N1CCC2(C(=O)Nc3ccccc32)C1c1cccnc1. The molecule has 1 saturated heterocycles. The van der Waals surface area contributed by atoms with Gasteiger partial charge in [-0.05, 0) is 36.6 Å². The van der Waals surface area contributed by atoms with Crippen molar-refractivity contribution < 1.29 is 9.59 Å². The van der Waals surface area contributed by atoms with Gasteiger partial charge in [-0.3, -0.25) is 19.3 Å². The van der Waals surface area contributed by atoms with Crippen molar-refractivity contribution in [3.8, 4) is 0 Å². The number of amides is 2. The Kier molecular flexibility index (Phi) is 3.81. The van der Waals surface area contributed by atoms with Crippen LogP contribution in [0.3, 0.4) is 0 Å². The number of anilines is 1. The Hall–Kier alpha value is -3.48. The lowest BCUT2D eigenvalue weighted by Crippen LogP contribution is -2.42. The second-order valence-electron chi connectivity index (χ2n) is 7.71. The first-order valence-corrected chi connectivity index (χ1v) is 9.64. The lowest BCUT2D eigenvalue weighted by Gasteiger charge is -2.34. The number of fused-ring (bicyclic) bond motifs is 2. The van der Waals surface area contributed by atoms with E-state index in [1.807, 2.05) is 48.2 Å². The number of carbonyl (C=O) groups excluding carboxylic acids is 2. The van der Waals surface area contributed by atoms with Gasteiger partial charge in [0.25, 0.3) is 5.91 Å². The number of aromatic nitrogens is 3. The second-order valence-corrected chi connectivity index (χ2v) is 7.71. The monoisotopic (exact) mass is 387 g/mol. The topological polar surface area (TPSA) is 80.1 Å². The Bertz CT molecular complexity index is 1120. The summed E-state index contributed by atoms with van der Waals surface area (Å²) in [4.78, 5) is 32.9. The zero-order valence-corrected chi connectivity index (χ0v) is 16.3. The van der Waals surface area contributed by atoms with E-state index in [1.165, 1.54) is 0 Å². The van der Waals surface area contributed by atoms with Crippen molar-refractivity contribution in [3.05, 3.63) is 77.4 Å². The first-order chi connectivity index (χ1) is 14.0. The van der Waals surface area contributed by atoms with Gasteiger partial charge in [-0.2, -0.15) is 5.10 Å². The number of nitrogens with zero attached hydrogens (tertiary/aromatic N) is 4. The average molecular weight is 387 g/mol. The predicted molar refractivity (Wildman–Crippen MR) is 107 cm³/mol. The Balaban J connectivity index is 1.68. The summed E-state index contributed by atoms with van der Waals surface area (Å²) in [5.41, 5.74) is 3.03. The summed E-state index contributed by atoms with van der Waals surface area (Å²) < 4.78 is 1.64. The van der Waals surface area contributed by atoms with E-state index in [1.54, 1.807) is 30.3 Å². The second kappa shape index (κ2) is 6.27. The standard InChI is InChI=1S/C22H21N5O2/c1-14-16(13-26(2)25-14)20(28)27-11-9-22(19(27)15-6-5-10-23-12-15)17-7-3-4-8-18(17)24-21(22)29/h3-8,10,12-13,19H,9,11H2,1-2H3,(H,24,29). The maximum atomic E-state index is 13.5. The van der Waals surface area contributed by atoms with Gasteiger partial charge in [0.1, 0.15) is 5.41 Å². The van der Waals surface area contributed by atoms with Crippen LogP contribution in [0.1, 0.15) is 39.6 Å². The fraction of sp³-hybridized carbons (Fsp3) is 0.273. The van der Waals surface area contributed by atoms with E-state index in [0.717, 1.165) is 16.8 Å². The van der Waals surface area contributed by atoms with E-state index in [2.05, 4.69) is 15.4 Å². The van der Waals surface area contributed by atoms with E-state index in [-0.39, 0.29) is 11.8 Å². The number of pyridine rings is 1. The maximum Gasteiger partial charge on any atom is 0.257 e. The Morgan fingerprint density at radius 1 is 1.24 bits per heavy atom. The van der Waals surface area contributed by atoms with Crippen molar-refractivity contribution in [1.29, 1.82) is 0 Å². The van der Waals surface area contributed by atoms with Crippen LogP contribution in [0.25, 0.3) is 0 Å². The summed E-state index contributed by atoms with van der Waals surface area (Å²) in [6.07, 6.45) is 5.75. The minimum Gasteiger partial charge on any atom is -0.330 e. The van der Waals surface area contributed by atoms with E-state index >= 15 is 0 Å². The summed E-state index contributed by atoms with van der Waals surface area (Å²) in [7, 11) is 1.80. The molecule has 1 N–H and O–H groups in total. The molecule has 7 nitrogen and oxygen atoms in total. The molecule has 1 aromatic carbocycles. The smallest absolute Gasteiger partial charge is 0.257 e. The molecule has 1 fully saturated rings. The largest absolute Gasteiger partial charge is 0.330 e. The van der Waals surface area contributed by atoms with Crippen molar-refractivity contribution in [1.82, 2.24) is 19.7 Å². The molecule has 7 heteroatoms. The highest BCUT2D eigenvalue weighted by atomic mass is 16.2. The highest BCUT2D eigenvalue weighted by Gasteiger charge is 2.59. The van der Waals surface area contributed by atoms with Crippen LogP contribution < -0.4 is 5.32 Å². The highest BCUT2D eigenvalue weighted by Crippen LogP contribution is 2.54. The average Bonchev–Trinajstić information content (AvgIpc) is 3.37. The molecular weight excluding hydrogens is 366 g/mol. The van der Waals surface area contributed by atoms with Crippen LogP contribution in [-0.2, 0) is 17.3 Å². The highest BCUT2D eigenvalue weighted by molar-refractivity contribution is 6.08. The Labute approximate surface area is 168 Å². The summed E-state index contributed by atoms with van der Waals surface area (Å²) in [5.74, 6) is -0.177. The van der Waals surface area contributed by atoms with Gasteiger partial charge >= 0.3 is 0 Å². The molecule has 3 aromatic rings. The third kappa shape index (κ3) is 2.43. The third-order valence-electron chi connectivity index (χ3n) is 6.09. The Morgan fingerprint density at radius 3 is 2.79 bits per heavy atom. The van der Waals surface area contributed by atoms with Crippen molar-refractivity contribution in [2.75, 3.05) is 11.9 Å². The number of aryl methyl sites for hydroxylation is 2. The molecule has 2 aromatic heterocycles. The number of nitrogens with one attached hydrogen (secondary N) is 1. The van der Waals surface area contributed by atoms with Gasteiger partial charge in [-0.1, -0.05) is 24.3 Å². The summed E-state index contributed by atoms with van der Waals surface area (Å²) in [6.45, 7) is 2.31. The van der Waals surface area contributed by atoms with Crippen molar-refractivity contribution in [2.45, 2.75) is 24.8 Å². The van der Waals surface area contributed by atoms with E-state index in [4.69, 9.17) is 0 Å². The molecule has 2 aliphatic rings. The molecular formula is C22H21N5O2. The molecule has 2 unspecified atom stereocenters. The number of likely N-dealkylation sites (tertiary alicyclic amines) is 1. The van der Waals surface area contributed by atoms with E-state index in [0.29, 0.717) is 24.2 Å². The van der Waals surface area contributed by atoms with Crippen molar-refractivity contribution in [2.24, 2.45) is 7.05 Å². The van der Waals surface area contributed by atoms with Gasteiger partial charge in [0.2, 0.25) is 5.91 Å². The Morgan fingerprint density at radius 2 is 2.07 bits per heavy atom. The zero-order valence-electron chi connectivity index (χ0n) is 16.3. The lowest BCUT2D eigenvalue weighted by molar-refractivity contribution is -0.121. The number of hydrogen-bond donors (Lipinski definition) is 1. The molecule has 0 radical (unpaired) electrons. The number of para-hydroxylation sites is 1. The van der Waals surface area contributed by atoms with Crippen molar-refractivity contribution in [3.63, 3.8) is 0 Å². The lowest BCUT2D eigenvalue weighted by atomic mass is 9.73. The molecule has 0 bridgehead atoms. The van der Waals surface area contributed by atoms with Gasteiger partial charge in [0, 0.05) is 37.9 Å². The fourth-order valence-corrected chi connectivity index (χ4v) is 4.87. The van der Waals surface area contributed by atoms with Crippen LogP contribution in [0, 0.1) is 6.92 Å². The van der Waals surface area contributed by atoms with Crippen LogP contribution in [0.4, 0.5) is 5.69 Å². The molecule has 2 amide bonds. The molecule has 2 aliphatic heterocycles. The van der Waals surface area contributed by atoms with Gasteiger partial charge in [0.15, 0.2) is 0 Å². The third-order valence-corrected chi connectivity index (χ3v) is 6.09. The fourth-order valence-electron chi connectivity index (χ4n) is 4.87. The van der Waals surface area contributed by atoms with Gasteiger partial charge in [0.05, 0.1) is 17.3 Å². The normalized spacial score (nSPS) is 22.8. The molecule has 0 saturated carbocycles. The van der Waals surface area contributed by atoms with Gasteiger partial charge in [-0.15, -0.1) is 0 Å². The summed E-state index contributed by atoms with van der Waals surface area (Å²) in [5, 5.41) is 7.35. The predicted octanol–water partition coefficient (Wildman–Crippen LogP) is 2.60. The van der Waals surface area contributed by atoms with E-state index < -0.39 is 11.5 Å². The zero-order chi connectivity index (χ0) is 20.2. The van der Waals surface area contributed by atoms with Gasteiger partial charge < -0.3 is 10.2 Å². The molecule has 4 heterocycles. The molecule has 1 spiro atoms. The summed E-state index contributed by atoms with van der Waals surface area (Å²) >= 11 is 0. The number of benzene rings is 1. The molecule has 146 valence electrons.